The van der Waals surface area contributed by atoms with Crippen molar-refractivity contribution in [1.29, 1.82) is 5.26 Å². The van der Waals surface area contributed by atoms with Gasteiger partial charge in [-0.2, -0.15) is 5.26 Å². The lowest BCUT2D eigenvalue weighted by molar-refractivity contribution is -0.156. The Morgan fingerprint density at radius 1 is 1.40 bits per heavy atom. The van der Waals surface area contributed by atoms with E-state index in [4.69, 9.17) is 10.00 Å². The molecule has 104 valence electrons. The number of hydrogen-bond donors (Lipinski definition) is 1. The molecule has 0 saturated carbocycles. The summed E-state index contributed by atoms with van der Waals surface area (Å²) in [7, 11) is 0. The van der Waals surface area contributed by atoms with Crippen LogP contribution >= 0.6 is 0 Å². The van der Waals surface area contributed by atoms with Crippen LogP contribution in [-0.4, -0.2) is 16.6 Å². The number of rotatable bonds is 2. The van der Waals surface area contributed by atoms with Gasteiger partial charge in [0, 0.05) is 17.1 Å². The fourth-order valence-electron chi connectivity index (χ4n) is 2.09. The fraction of sp³-hybridized carbons (Fsp3) is 0.375. The summed E-state index contributed by atoms with van der Waals surface area (Å²) in [6.07, 6.45) is 1.81. The van der Waals surface area contributed by atoms with Gasteiger partial charge in [0.2, 0.25) is 0 Å². The summed E-state index contributed by atoms with van der Waals surface area (Å²) < 4.78 is 5.41. The highest BCUT2D eigenvalue weighted by atomic mass is 16.6. The van der Waals surface area contributed by atoms with Gasteiger partial charge in [0.25, 0.3) is 0 Å². The van der Waals surface area contributed by atoms with E-state index < -0.39 is 5.60 Å². The molecule has 1 N–H and O–H groups in total. The maximum Gasteiger partial charge on any atom is 0.313 e. The number of ether oxygens (including phenoxy) is 1. The largest absolute Gasteiger partial charge is 0.460 e. The van der Waals surface area contributed by atoms with Crippen LogP contribution in [0.15, 0.2) is 24.4 Å². The lowest BCUT2D eigenvalue weighted by Crippen LogP contribution is -2.26. The standard InChI is InChI=1S/C16H18N2O2/c1-10(15(19)20-16(2,3)4)13-9-18-14-7-11(8-17)5-6-12(13)14/h5-7,9-10,18H,1-4H3. The predicted octanol–water partition coefficient (Wildman–Crippen LogP) is 3.48. The highest BCUT2D eigenvalue weighted by molar-refractivity contribution is 5.90. The molecule has 4 nitrogen and oxygen atoms in total. The normalized spacial score (nSPS) is 12.9. The van der Waals surface area contributed by atoms with Gasteiger partial charge in [-0.3, -0.25) is 4.79 Å². The van der Waals surface area contributed by atoms with E-state index in [9.17, 15) is 4.79 Å². The zero-order valence-corrected chi connectivity index (χ0v) is 12.2. The average molecular weight is 270 g/mol. The van der Waals surface area contributed by atoms with Crippen LogP contribution in [0.25, 0.3) is 10.9 Å². The number of nitriles is 1. The van der Waals surface area contributed by atoms with E-state index in [0.29, 0.717) is 5.56 Å². The van der Waals surface area contributed by atoms with Crippen LogP contribution < -0.4 is 0 Å². The number of benzene rings is 1. The highest BCUT2D eigenvalue weighted by Crippen LogP contribution is 2.28. The molecule has 2 aromatic rings. The Hall–Kier alpha value is -2.28. The Balaban J connectivity index is 2.34. The van der Waals surface area contributed by atoms with Crippen molar-refractivity contribution in [2.45, 2.75) is 39.2 Å². The third-order valence-corrected chi connectivity index (χ3v) is 3.07. The molecule has 1 heterocycles. The first kappa shape index (κ1) is 14.1. The maximum absolute atomic E-state index is 12.1. The molecule has 2 rings (SSSR count). The minimum absolute atomic E-state index is 0.247. The van der Waals surface area contributed by atoms with Gasteiger partial charge in [-0.25, -0.2) is 0 Å². The molecule has 0 saturated heterocycles. The lowest BCUT2D eigenvalue weighted by Gasteiger charge is -2.22. The van der Waals surface area contributed by atoms with Crippen molar-refractivity contribution in [3.8, 4) is 6.07 Å². The number of aromatic nitrogens is 1. The molecular formula is C16H18N2O2. The second kappa shape index (κ2) is 5.01. The van der Waals surface area contributed by atoms with Crippen molar-refractivity contribution in [1.82, 2.24) is 4.98 Å². The number of carbonyl (C=O) groups excluding carboxylic acids is 1. The Morgan fingerprint density at radius 3 is 2.70 bits per heavy atom. The first-order valence-corrected chi connectivity index (χ1v) is 6.56. The van der Waals surface area contributed by atoms with Crippen molar-refractivity contribution in [2.75, 3.05) is 0 Å². The topological polar surface area (TPSA) is 65.9 Å². The van der Waals surface area contributed by atoms with Crippen molar-refractivity contribution in [3.63, 3.8) is 0 Å². The van der Waals surface area contributed by atoms with E-state index in [2.05, 4.69) is 11.1 Å². The van der Waals surface area contributed by atoms with Crippen LogP contribution in [0, 0.1) is 11.3 Å². The first-order chi connectivity index (χ1) is 9.31. The third-order valence-electron chi connectivity index (χ3n) is 3.07. The van der Waals surface area contributed by atoms with Crippen molar-refractivity contribution in [2.24, 2.45) is 0 Å². The van der Waals surface area contributed by atoms with Crippen LogP contribution in [0.5, 0.6) is 0 Å². The monoisotopic (exact) mass is 270 g/mol. The Bertz CT molecular complexity index is 687. The smallest absolute Gasteiger partial charge is 0.313 e. The third kappa shape index (κ3) is 2.83. The molecule has 1 unspecified atom stereocenters. The molecule has 0 spiro atoms. The zero-order valence-electron chi connectivity index (χ0n) is 12.2. The van der Waals surface area contributed by atoms with Gasteiger partial charge in [-0.1, -0.05) is 6.07 Å². The SMILES string of the molecule is CC(C(=O)OC(C)(C)C)c1c[nH]c2cc(C#N)ccc12. The van der Waals surface area contributed by atoms with E-state index in [1.54, 1.807) is 18.3 Å². The predicted molar refractivity (Wildman–Crippen MR) is 77.3 cm³/mol. The molecule has 0 amide bonds. The summed E-state index contributed by atoms with van der Waals surface area (Å²) >= 11 is 0. The van der Waals surface area contributed by atoms with Crippen LogP contribution in [-0.2, 0) is 9.53 Å². The van der Waals surface area contributed by atoms with Gasteiger partial charge in [0.1, 0.15) is 5.60 Å². The molecule has 0 bridgehead atoms. The number of nitrogens with one attached hydrogen (secondary N) is 1. The molecule has 0 fully saturated rings. The van der Waals surface area contributed by atoms with E-state index in [1.807, 2.05) is 33.8 Å². The molecule has 0 radical (unpaired) electrons. The molecule has 1 aromatic heterocycles. The number of esters is 1. The van der Waals surface area contributed by atoms with Crippen LogP contribution in [0.1, 0.15) is 44.7 Å². The van der Waals surface area contributed by atoms with Crippen LogP contribution in [0.2, 0.25) is 0 Å². The molecule has 1 atom stereocenters. The molecular weight excluding hydrogens is 252 g/mol. The summed E-state index contributed by atoms with van der Waals surface area (Å²) in [6, 6.07) is 7.49. The molecule has 0 aliphatic rings. The minimum atomic E-state index is -0.495. The maximum atomic E-state index is 12.1. The van der Waals surface area contributed by atoms with Gasteiger partial charge in [-0.05, 0) is 45.4 Å². The van der Waals surface area contributed by atoms with Gasteiger partial charge < -0.3 is 9.72 Å². The molecule has 20 heavy (non-hydrogen) atoms. The van der Waals surface area contributed by atoms with Crippen molar-refractivity contribution in [3.05, 3.63) is 35.5 Å². The van der Waals surface area contributed by atoms with Gasteiger partial charge in [0.15, 0.2) is 0 Å². The van der Waals surface area contributed by atoms with E-state index in [-0.39, 0.29) is 11.9 Å². The zero-order chi connectivity index (χ0) is 14.9. The number of fused-ring (bicyclic) bond motifs is 1. The fourth-order valence-corrected chi connectivity index (χ4v) is 2.09. The van der Waals surface area contributed by atoms with E-state index in [1.165, 1.54) is 0 Å². The summed E-state index contributed by atoms with van der Waals surface area (Å²) in [5, 5.41) is 9.84. The highest BCUT2D eigenvalue weighted by Gasteiger charge is 2.24. The van der Waals surface area contributed by atoms with Crippen LogP contribution in [0.4, 0.5) is 0 Å². The quantitative estimate of drug-likeness (QED) is 0.849. The number of aromatic amines is 1. The first-order valence-electron chi connectivity index (χ1n) is 6.56. The number of carbonyl (C=O) groups is 1. The van der Waals surface area contributed by atoms with Gasteiger partial charge >= 0.3 is 5.97 Å². The van der Waals surface area contributed by atoms with E-state index in [0.717, 1.165) is 16.5 Å². The van der Waals surface area contributed by atoms with Crippen molar-refractivity contribution < 1.29 is 9.53 Å². The Labute approximate surface area is 118 Å². The average Bonchev–Trinajstić information content (AvgIpc) is 2.78. The Kier molecular flexibility index (Phi) is 3.54. The molecule has 0 aliphatic carbocycles. The number of nitrogens with zero attached hydrogens (tertiary/aromatic N) is 1. The number of hydrogen-bond acceptors (Lipinski definition) is 3. The molecule has 0 aliphatic heterocycles. The number of H-pyrrole nitrogens is 1. The van der Waals surface area contributed by atoms with Gasteiger partial charge in [0.05, 0.1) is 17.6 Å². The Morgan fingerprint density at radius 2 is 2.10 bits per heavy atom. The van der Waals surface area contributed by atoms with E-state index >= 15 is 0 Å². The summed E-state index contributed by atoms with van der Waals surface area (Å²) in [6.45, 7) is 7.39. The summed E-state index contributed by atoms with van der Waals surface area (Å²) in [4.78, 5) is 15.2. The van der Waals surface area contributed by atoms with Crippen molar-refractivity contribution >= 4 is 16.9 Å². The molecule has 1 aromatic carbocycles. The summed E-state index contributed by atoms with van der Waals surface area (Å²) in [5.74, 6) is -0.598. The lowest BCUT2D eigenvalue weighted by atomic mass is 9.99. The summed E-state index contributed by atoms with van der Waals surface area (Å²) in [5.41, 5.74) is 1.84. The second-order valence-corrected chi connectivity index (χ2v) is 5.87. The van der Waals surface area contributed by atoms with Gasteiger partial charge in [-0.15, -0.1) is 0 Å². The molecule has 4 heteroatoms. The second-order valence-electron chi connectivity index (χ2n) is 5.87. The van der Waals surface area contributed by atoms with Crippen LogP contribution in [0.3, 0.4) is 0 Å². The minimum Gasteiger partial charge on any atom is -0.460 e.